The van der Waals surface area contributed by atoms with Crippen molar-refractivity contribution in [1.82, 2.24) is 0 Å². The van der Waals surface area contributed by atoms with Gasteiger partial charge in [0.25, 0.3) is 0 Å². The molecule has 2 aromatic rings. The van der Waals surface area contributed by atoms with Gasteiger partial charge >= 0.3 is 0 Å². The van der Waals surface area contributed by atoms with Crippen molar-refractivity contribution >= 4 is 11.4 Å². The Morgan fingerprint density at radius 2 is 1.65 bits per heavy atom. The minimum Gasteiger partial charge on any atom is -0.207 e. The molecule has 0 saturated carbocycles. The lowest BCUT2D eigenvalue weighted by Gasteiger charge is -1.94. The average molecular weight is 224 g/mol. The van der Waals surface area contributed by atoms with E-state index >= 15 is 0 Å². The van der Waals surface area contributed by atoms with Crippen LogP contribution in [0.3, 0.4) is 0 Å². The summed E-state index contributed by atoms with van der Waals surface area (Å²) in [6.45, 7) is 0. The average Bonchev–Trinajstić information content (AvgIpc) is 2.38. The van der Waals surface area contributed by atoms with Crippen LogP contribution in [-0.4, -0.2) is 0 Å². The molecule has 0 aliphatic carbocycles. The number of rotatable bonds is 2. The normalized spacial score (nSPS) is 10.4. The van der Waals surface area contributed by atoms with Crippen LogP contribution in [0.2, 0.25) is 0 Å². The van der Waals surface area contributed by atoms with Crippen LogP contribution >= 0.6 is 0 Å². The zero-order chi connectivity index (χ0) is 12.1. The molecule has 2 aromatic carbocycles. The van der Waals surface area contributed by atoms with Crippen molar-refractivity contribution in [2.75, 3.05) is 0 Å². The van der Waals surface area contributed by atoms with Gasteiger partial charge in [0.15, 0.2) is 0 Å². The fourth-order valence-electron chi connectivity index (χ4n) is 1.28. The standard InChI is InChI=1S/C14H9FN2/c1-2-11-4-3-5-14(10-11)17-16-13-8-6-12(15)7-9-13/h1,3-10H. The van der Waals surface area contributed by atoms with Crippen molar-refractivity contribution in [3.8, 4) is 12.3 Å². The van der Waals surface area contributed by atoms with E-state index in [1.54, 1.807) is 24.3 Å². The Bertz CT molecular complexity index is 580. The quantitative estimate of drug-likeness (QED) is 0.539. The number of azo groups is 1. The van der Waals surface area contributed by atoms with Gasteiger partial charge < -0.3 is 0 Å². The maximum Gasteiger partial charge on any atom is 0.123 e. The summed E-state index contributed by atoms with van der Waals surface area (Å²) >= 11 is 0. The first-order valence-corrected chi connectivity index (χ1v) is 5.02. The highest BCUT2D eigenvalue weighted by atomic mass is 19.1. The molecule has 2 nitrogen and oxygen atoms in total. The number of nitrogens with zero attached hydrogens (tertiary/aromatic N) is 2. The highest BCUT2D eigenvalue weighted by Gasteiger charge is 1.93. The van der Waals surface area contributed by atoms with E-state index in [1.807, 2.05) is 12.1 Å². The third kappa shape index (κ3) is 2.99. The lowest BCUT2D eigenvalue weighted by Crippen LogP contribution is -1.72. The monoisotopic (exact) mass is 224 g/mol. The van der Waals surface area contributed by atoms with Crippen LogP contribution in [0.15, 0.2) is 58.8 Å². The SMILES string of the molecule is C#Cc1cccc(N=Nc2ccc(F)cc2)c1. The third-order valence-electron chi connectivity index (χ3n) is 2.12. The number of terminal acetylenes is 1. The van der Waals surface area contributed by atoms with Crippen molar-refractivity contribution in [3.63, 3.8) is 0 Å². The Kier molecular flexibility index (Phi) is 3.27. The third-order valence-corrected chi connectivity index (χ3v) is 2.12. The highest BCUT2D eigenvalue weighted by molar-refractivity contribution is 5.46. The van der Waals surface area contributed by atoms with Crippen molar-refractivity contribution < 1.29 is 4.39 Å². The van der Waals surface area contributed by atoms with Crippen molar-refractivity contribution in [3.05, 3.63) is 59.9 Å². The summed E-state index contributed by atoms with van der Waals surface area (Å²) in [5.41, 5.74) is 2.02. The second kappa shape index (κ2) is 5.04. The molecular formula is C14H9FN2. The Hall–Kier alpha value is -2.47. The van der Waals surface area contributed by atoms with Gasteiger partial charge in [-0.1, -0.05) is 12.0 Å². The summed E-state index contributed by atoms with van der Waals surface area (Å²) in [5.74, 6) is 2.23. The van der Waals surface area contributed by atoms with Crippen LogP contribution in [0.4, 0.5) is 15.8 Å². The molecule has 0 unspecified atom stereocenters. The molecule has 0 saturated heterocycles. The molecule has 0 bridgehead atoms. The number of benzene rings is 2. The van der Waals surface area contributed by atoms with Crippen molar-refractivity contribution in [1.29, 1.82) is 0 Å². The van der Waals surface area contributed by atoms with Gasteiger partial charge in [0, 0.05) is 5.56 Å². The lowest BCUT2D eigenvalue weighted by molar-refractivity contribution is 0.628. The first-order chi connectivity index (χ1) is 8.28. The van der Waals surface area contributed by atoms with Crippen LogP contribution in [0.1, 0.15) is 5.56 Å². The maximum absolute atomic E-state index is 12.7. The minimum atomic E-state index is -0.293. The molecule has 82 valence electrons. The fraction of sp³-hybridized carbons (Fsp3) is 0. The van der Waals surface area contributed by atoms with Crippen LogP contribution < -0.4 is 0 Å². The highest BCUT2D eigenvalue weighted by Crippen LogP contribution is 2.19. The fourth-order valence-corrected chi connectivity index (χ4v) is 1.28. The summed E-state index contributed by atoms with van der Waals surface area (Å²) in [4.78, 5) is 0. The van der Waals surface area contributed by atoms with Crippen LogP contribution in [0.25, 0.3) is 0 Å². The summed E-state index contributed by atoms with van der Waals surface area (Å²) < 4.78 is 12.7. The smallest absolute Gasteiger partial charge is 0.123 e. The number of hydrogen-bond acceptors (Lipinski definition) is 2. The molecule has 17 heavy (non-hydrogen) atoms. The van der Waals surface area contributed by atoms with E-state index in [0.29, 0.717) is 11.4 Å². The van der Waals surface area contributed by atoms with E-state index in [2.05, 4.69) is 16.1 Å². The summed E-state index contributed by atoms with van der Waals surface area (Å²) in [7, 11) is 0. The molecule has 0 aliphatic rings. The van der Waals surface area contributed by atoms with Crippen LogP contribution in [0.5, 0.6) is 0 Å². The summed E-state index contributed by atoms with van der Waals surface area (Å²) in [6.07, 6.45) is 5.28. The van der Waals surface area contributed by atoms with E-state index in [9.17, 15) is 4.39 Å². The van der Waals surface area contributed by atoms with E-state index in [4.69, 9.17) is 6.42 Å². The molecule has 0 aliphatic heterocycles. The van der Waals surface area contributed by atoms with Gasteiger partial charge in [0.05, 0.1) is 11.4 Å². The van der Waals surface area contributed by atoms with Gasteiger partial charge in [0.2, 0.25) is 0 Å². The molecule has 0 atom stereocenters. The molecule has 0 spiro atoms. The van der Waals surface area contributed by atoms with Gasteiger partial charge in [-0.15, -0.1) is 6.42 Å². The summed E-state index contributed by atoms with van der Waals surface area (Å²) in [6, 6.07) is 13.0. The molecule has 0 radical (unpaired) electrons. The van der Waals surface area contributed by atoms with E-state index < -0.39 is 0 Å². The Morgan fingerprint density at radius 1 is 0.941 bits per heavy atom. The predicted octanol–water partition coefficient (Wildman–Crippen LogP) is 4.22. The van der Waals surface area contributed by atoms with Gasteiger partial charge in [-0.2, -0.15) is 10.2 Å². The number of halogens is 1. The molecule has 0 amide bonds. The van der Waals surface area contributed by atoms with Crippen LogP contribution in [0, 0.1) is 18.2 Å². The van der Waals surface area contributed by atoms with Crippen LogP contribution in [-0.2, 0) is 0 Å². The molecule has 2 rings (SSSR count). The number of hydrogen-bond donors (Lipinski definition) is 0. The molecular weight excluding hydrogens is 215 g/mol. The van der Waals surface area contributed by atoms with Gasteiger partial charge in [-0.3, -0.25) is 0 Å². The zero-order valence-corrected chi connectivity index (χ0v) is 8.97. The minimum absolute atomic E-state index is 0.293. The Morgan fingerprint density at radius 3 is 2.35 bits per heavy atom. The Labute approximate surface area is 98.8 Å². The molecule has 0 heterocycles. The van der Waals surface area contributed by atoms with Gasteiger partial charge in [0.1, 0.15) is 5.82 Å². The first-order valence-electron chi connectivity index (χ1n) is 5.02. The molecule has 0 N–H and O–H groups in total. The molecule has 3 heteroatoms. The first kappa shape index (κ1) is 11.0. The molecule has 0 fully saturated rings. The predicted molar refractivity (Wildman–Crippen MR) is 65.0 cm³/mol. The topological polar surface area (TPSA) is 24.7 Å². The van der Waals surface area contributed by atoms with E-state index in [1.165, 1.54) is 12.1 Å². The zero-order valence-electron chi connectivity index (χ0n) is 8.97. The lowest BCUT2D eigenvalue weighted by atomic mass is 10.2. The van der Waals surface area contributed by atoms with E-state index in [0.717, 1.165) is 5.56 Å². The van der Waals surface area contributed by atoms with E-state index in [-0.39, 0.29) is 5.82 Å². The maximum atomic E-state index is 12.7. The largest absolute Gasteiger partial charge is 0.207 e. The second-order valence-corrected chi connectivity index (χ2v) is 3.37. The second-order valence-electron chi connectivity index (χ2n) is 3.37. The van der Waals surface area contributed by atoms with Gasteiger partial charge in [-0.25, -0.2) is 4.39 Å². The summed E-state index contributed by atoms with van der Waals surface area (Å²) in [5, 5.41) is 8.00. The van der Waals surface area contributed by atoms with Crippen molar-refractivity contribution in [2.45, 2.75) is 0 Å². The molecule has 0 aromatic heterocycles. The van der Waals surface area contributed by atoms with Crippen molar-refractivity contribution in [2.24, 2.45) is 10.2 Å². The van der Waals surface area contributed by atoms with Gasteiger partial charge in [-0.05, 0) is 42.5 Å². The Balaban J connectivity index is 2.20.